The van der Waals surface area contributed by atoms with E-state index in [-0.39, 0.29) is 11.3 Å². The molecule has 3 heteroatoms. The maximum absolute atomic E-state index is 11.9. The fourth-order valence-corrected chi connectivity index (χ4v) is 3.11. The Morgan fingerprint density at radius 1 is 1.37 bits per heavy atom. The number of carbonyl (C=O) groups is 1. The van der Waals surface area contributed by atoms with E-state index in [0.717, 1.165) is 30.1 Å². The topological polar surface area (TPSA) is 41.1 Å². The van der Waals surface area contributed by atoms with Crippen molar-refractivity contribution in [2.24, 2.45) is 5.92 Å². The van der Waals surface area contributed by atoms with Crippen LogP contribution in [0.3, 0.4) is 0 Å². The highest BCUT2D eigenvalue weighted by atomic mass is 16.2. The Balaban J connectivity index is 1.74. The van der Waals surface area contributed by atoms with E-state index < -0.39 is 0 Å². The number of carbonyl (C=O) groups excluding carboxylic acids is 1. The Morgan fingerprint density at radius 2 is 2.21 bits per heavy atom. The van der Waals surface area contributed by atoms with Crippen LogP contribution < -0.4 is 10.6 Å². The summed E-state index contributed by atoms with van der Waals surface area (Å²) < 4.78 is 0. The van der Waals surface area contributed by atoms with Gasteiger partial charge in [0.15, 0.2) is 0 Å². The molecule has 3 nitrogen and oxygen atoms in total. The van der Waals surface area contributed by atoms with Gasteiger partial charge >= 0.3 is 0 Å². The molecule has 0 aliphatic carbocycles. The third-order valence-corrected chi connectivity index (χ3v) is 4.58. The Morgan fingerprint density at radius 3 is 2.95 bits per heavy atom. The molecule has 2 aliphatic heterocycles. The van der Waals surface area contributed by atoms with E-state index in [1.54, 1.807) is 0 Å². The minimum absolute atomic E-state index is 0.111. The van der Waals surface area contributed by atoms with Crippen molar-refractivity contribution in [3.8, 4) is 0 Å². The summed E-state index contributed by atoms with van der Waals surface area (Å²) in [6.07, 6.45) is 3.66. The van der Waals surface area contributed by atoms with Crippen molar-refractivity contribution in [2.45, 2.75) is 38.5 Å². The van der Waals surface area contributed by atoms with E-state index >= 15 is 0 Å². The van der Waals surface area contributed by atoms with Crippen molar-refractivity contribution in [1.29, 1.82) is 0 Å². The molecule has 1 saturated heterocycles. The third kappa shape index (κ3) is 2.27. The lowest BCUT2D eigenvalue weighted by atomic mass is 9.85. The Kier molecular flexibility index (Phi) is 3.09. The molecule has 2 heterocycles. The summed E-state index contributed by atoms with van der Waals surface area (Å²) in [5, 5.41) is 6.38. The summed E-state index contributed by atoms with van der Waals surface area (Å²) in [5.41, 5.74) is 3.11. The molecule has 1 atom stereocenters. The van der Waals surface area contributed by atoms with Crippen LogP contribution in [0.25, 0.3) is 0 Å². The van der Waals surface area contributed by atoms with Crippen LogP contribution in [0.15, 0.2) is 18.2 Å². The SMILES string of the molecule is CC1(C)C(=O)Nc2ccc(CCC3CCNC3)cc21. The minimum atomic E-state index is -0.389. The summed E-state index contributed by atoms with van der Waals surface area (Å²) in [6, 6.07) is 6.43. The maximum Gasteiger partial charge on any atom is 0.234 e. The Hall–Kier alpha value is -1.35. The van der Waals surface area contributed by atoms with Gasteiger partial charge in [0.05, 0.1) is 5.41 Å². The first kappa shape index (κ1) is 12.7. The monoisotopic (exact) mass is 258 g/mol. The first-order valence-corrected chi connectivity index (χ1v) is 7.23. The normalized spacial score (nSPS) is 24.3. The molecular formula is C16H22N2O. The van der Waals surface area contributed by atoms with E-state index in [4.69, 9.17) is 0 Å². The molecule has 1 aromatic rings. The lowest BCUT2D eigenvalue weighted by molar-refractivity contribution is -0.119. The van der Waals surface area contributed by atoms with Crippen molar-refractivity contribution < 1.29 is 4.79 Å². The van der Waals surface area contributed by atoms with Gasteiger partial charge in [0.2, 0.25) is 5.91 Å². The number of hydrogen-bond donors (Lipinski definition) is 2. The summed E-state index contributed by atoms with van der Waals surface area (Å²) in [4.78, 5) is 11.9. The van der Waals surface area contributed by atoms with Crippen LogP contribution in [0, 0.1) is 5.92 Å². The summed E-state index contributed by atoms with van der Waals surface area (Å²) in [7, 11) is 0. The van der Waals surface area contributed by atoms with E-state index in [1.807, 2.05) is 13.8 Å². The van der Waals surface area contributed by atoms with Crippen molar-refractivity contribution in [3.05, 3.63) is 29.3 Å². The molecule has 19 heavy (non-hydrogen) atoms. The second-order valence-corrected chi connectivity index (χ2v) is 6.36. The zero-order chi connectivity index (χ0) is 13.5. The van der Waals surface area contributed by atoms with E-state index in [0.29, 0.717) is 0 Å². The molecule has 1 amide bonds. The van der Waals surface area contributed by atoms with Gasteiger partial charge in [0.1, 0.15) is 0 Å². The van der Waals surface area contributed by atoms with Crippen LogP contribution in [0.1, 0.15) is 37.8 Å². The lowest BCUT2D eigenvalue weighted by Crippen LogP contribution is -2.26. The molecule has 1 fully saturated rings. The van der Waals surface area contributed by atoms with Crippen molar-refractivity contribution in [2.75, 3.05) is 18.4 Å². The molecule has 2 N–H and O–H groups in total. The zero-order valence-corrected chi connectivity index (χ0v) is 11.8. The Bertz CT molecular complexity index is 501. The number of rotatable bonds is 3. The smallest absolute Gasteiger partial charge is 0.234 e. The molecule has 0 radical (unpaired) electrons. The molecule has 3 rings (SSSR count). The van der Waals surface area contributed by atoms with Crippen LogP contribution in [-0.2, 0) is 16.6 Å². The van der Waals surface area contributed by atoms with Gasteiger partial charge in [-0.1, -0.05) is 12.1 Å². The number of anilines is 1. The van der Waals surface area contributed by atoms with Gasteiger partial charge in [0.25, 0.3) is 0 Å². The van der Waals surface area contributed by atoms with Gasteiger partial charge in [-0.05, 0) is 69.3 Å². The summed E-state index contributed by atoms with van der Waals surface area (Å²) in [6.45, 7) is 6.33. The average molecular weight is 258 g/mol. The van der Waals surface area contributed by atoms with E-state index in [1.165, 1.54) is 24.9 Å². The zero-order valence-electron chi connectivity index (χ0n) is 11.8. The van der Waals surface area contributed by atoms with Crippen LogP contribution in [0.5, 0.6) is 0 Å². The number of nitrogens with one attached hydrogen (secondary N) is 2. The van der Waals surface area contributed by atoms with Crippen molar-refractivity contribution in [3.63, 3.8) is 0 Å². The molecule has 2 aliphatic rings. The predicted octanol–water partition coefficient (Wildman–Crippen LogP) is 2.46. The van der Waals surface area contributed by atoms with Crippen LogP contribution in [0.4, 0.5) is 5.69 Å². The van der Waals surface area contributed by atoms with Gasteiger partial charge in [-0.15, -0.1) is 0 Å². The molecular weight excluding hydrogens is 236 g/mol. The number of amides is 1. The second kappa shape index (κ2) is 4.64. The fourth-order valence-electron chi connectivity index (χ4n) is 3.11. The number of benzene rings is 1. The van der Waals surface area contributed by atoms with Crippen molar-refractivity contribution in [1.82, 2.24) is 5.32 Å². The lowest BCUT2D eigenvalue weighted by Gasteiger charge is -2.16. The molecule has 1 aromatic carbocycles. The molecule has 0 saturated carbocycles. The van der Waals surface area contributed by atoms with Crippen LogP contribution in [0.2, 0.25) is 0 Å². The van der Waals surface area contributed by atoms with Gasteiger partial charge in [-0.25, -0.2) is 0 Å². The first-order valence-electron chi connectivity index (χ1n) is 7.23. The third-order valence-electron chi connectivity index (χ3n) is 4.58. The maximum atomic E-state index is 11.9. The second-order valence-electron chi connectivity index (χ2n) is 6.36. The fraction of sp³-hybridized carbons (Fsp3) is 0.562. The van der Waals surface area contributed by atoms with Crippen molar-refractivity contribution >= 4 is 11.6 Å². The highest BCUT2D eigenvalue weighted by molar-refractivity contribution is 6.05. The van der Waals surface area contributed by atoms with E-state index in [9.17, 15) is 4.79 Å². The minimum Gasteiger partial charge on any atom is -0.325 e. The average Bonchev–Trinajstić information content (AvgIpc) is 2.96. The first-order chi connectivity index (χ1) is 9.07. The predicted molar refractivity (Wildman–Crippen MR) is 77.4 cm³/mol. The highest BCUT2D eigenvalue weighted by Crippen LogP contribution is 2.37. The van der Waals surface area contributed by atoms with Gasteiger partial charge in [-0.3, -0.25) is 4.79 Å². The van der Waals surface area contributed by atoms with Crippen LogP contribution >= 0.6 is 0 Å². The number of hydrogen-bond acceptors (Lipinski definition) is 2. The molecule has 0 aromatic heterocycles. The van der Waals surface area contributed by atoms with Gasteiger partial charge in [-0.2, -0.15) is 0 Å². The standard InChI is InChI=1S/C16H22N2O/c1-16(2)13-9-11(3-4-12-7-8-17-10-12)5-6-14(13)18-15(16)19/h5-6,9,12,17H,3-4,7-8,10H2,1-2H3,(H,18,19). The molecule has 1 unspecified atom stereocenters. The molecule has 0 spiro atoms. The highest BCUT2D eigenvalue weighted by Gasteiger charge is 2.38. The van der Waals surface area contributed by atoms with Gasteiger partial charge < -0.3 is 10.6 Å². The van der Waals surface area contributed by atoms with Crippen LogP contribution in [-0.4, -0.2) is 19.0 Å². The van der Waals surface area contributed by atoms with E-state index in [2.05, 4.69) is 28.8 Å². The summed E-state index contributed by atoms with van der Waals surface area (Å²) in [5.74, 6) is 0.931. The number of fused-ring (bicyclic) bond motifs is 1. The summed E-state index contributed by atoms with van der Waals surface area (Å²) >= 11 is 0. The Labute approximate surface area is 114 Å². The quantitative estimate of drug-likeness (QED) is 0.874. The molecule has 0 bridgehead atoms. The molecule has 102 valence electrons. The number of aryl methyl sites for hydroxylation is 1. The largest absolute Gasteiger partial charge is 0.325 e. The van der Waals surface area contributed by atoms with Gasteiger partial charge in [0, 0.05) is 5.69 Å².